The van der Waals surface area contributed by atoms with Crippen molar-refractivity contribution in [1.82, 2.24) is 9.66 Å². The number of hydrogen-bond donors (Lipinski definition) is 0. The molecule has 0 aliphatic heterocycles. The molecule has 0 saturated heterocycles. The van der Waals surface area contributed by atoms with E-state index < -0.39 is 12.1 Å². The molecule has 0 spiro atoms. The van der Waals surface area contributed by atoms with Gasteiger partial charge >= 0.3 is 5.97 Å². The Hall–Kier alpha value is -3.20. The van der Waals surface area contributed by atoms with Gasteiger partial charge in [-0.15, -0.1) is 0 Å². The maximum Gasteiger partial charge on any atom is 0.346 e. The van der Waals surface area contributed by atoms with Crippen LogP contribution in [0.3, 0.4) is 0 Å². The van der Waals surface area contributed by atoms with E-state index in [4.69, 9.17) is 14.2 Å². The third-order valence-electron chi connectivity index (χ3n) is 4.72. The minimum absolute atomic E-state index is 0.274. The number of para-hydroxylation sites is 1. The van der Waals surface area contributed by atoms with Gasteiger partial charge in [-0.05, 0) is 43.7 Å². The van der Waals surface area contributed by atoms with E-state index in [0.717, 1.165) is 10.9 Å². The summed E-state index contributed by atoms with van der Waals surface area (Å²) in [5.41, 5.74) is 0.874. The van der Waals surface area contributed by atoms with Crippen LogP contribution < -0.4 is 15.0 Å². The van der Waals surface area contributed by atoms with Crippen LogP contribution in [0.2, 0.25) is 0 Å². The van der Waals surface area contributed by atoms with Gasteiger partial charge in [0.25, 0.3) is 5.56 Å². The molecule has 0 bridgehead atoms. The summed E-state index contributed by atoms with van der Waals surface area (Å²) in [5.74, 6) is 0.769. The number of ether oxygens (including phenoxy) is 3. The minimum atomic E-state index is -0.860. The fourth-order valence-corrected chi connectivity index (χ4v) is 3.49. The Bertz CT molecular complexity index is 1220. The number of halogens is 1. The lowest BCUT2D eigenvalue weighted by Crippen LogP contribution is -2.25. The average Bonchev–Trinajstić information content (AvgIpc) is 2.79. The molecule has 0 unspecified atom stereocenters. The normalized spacial score (nSPS) is 12.2. The van der Waals surface area contributed by atoms with Crippen LogP contribution in [0.25, 0.3) is 10.9 Å². The number of aromatic nitrogens is 2. The first-order valence-corrected chi connectivity index (χ1v) is 10.9. The number of nitrogens with zero attached hydrogens (tertiary/aromatic N) is 3. The Kier molecular flexibility index (Phi) is 7.63. The Morgan fingerprint density at radius 3 is 2.75 bits per heavy atom. The number of carbonyl (C=O) groups excluding carboxylic acids is 1. The quantitative estimate of drug-likeness (QED) is 0.342. The van der Waals surface area contributed by atoms with Crippen LogP contribution >= 0.6 is 15.9 Å². The van der Waals surface area contributed by atoms with Crippen molar-refractivity contribution in [3.63, 3.8) is 0 Å². The summed E-state index contributed by atoms with van der Waals surface area (Å²) >= 11 is 3.40. The van der Waals surface area contributed by atoms with Crippen LogP contribution in [0.4, 0.5) is 0 Å². The van der Waals surface area contributed by atoms with E-state index in [9.17, 15) is 9.59 Å². The molecule has 9 heteroatoms. The highest BCUT2D eigenvalue weighted by Crippen LogP contribution is 2.31. The van der Waals surface area contributed by atoms with Crippen molar-refractivity contribution in [2.45, 2.75) is 32.8 Å². The first kappa shape index (κ1) is 23.5. The third kappa shape index (κ3) is 4.99. The number of fused-ring (bicyclic) bond motifs is 1. The molecular weight excluding hydrogens is 478 g/mol. The number of carbonyl (C=O) groups is 1. The van der Waals surface area contributed by atoms with E-state index in [1.807, 2.05) is 13.0 Å². The fourth-order valence-electron chi connectivity index (χ4n) is 3.13. The zero-order valence-electron chi connectivity index (χ0n) is 18.3. The molecule has 8 nitrogen and oxygen atoms in total. The number of methoxy groups -OCH3 is 2. The van der Waals surface area contributed by atoms with Gasteiger partial charge in [0.05, 0.1) is 31.3 Å². The zero-order chi connectivity index (χ0) is 23.3. The molecule has 0 aliphatic rings. The molecule has 1 heterocycles. The highest BCUT2D eigenvalue weighted by atomic mass is 79.9. The van der Waals surface area contributed by atoms with Crippen LogP contribution in [0.15, 0.2) is 50.8 Å². The Morgan fingerprint density at radius 2 is 2.06 bits per heavy atom. The third-order valence-corrected chi connectivity index (χ3v) is 5.21. The molecular formula is C23H24BrN3O5. The van der Waals surface area contributed by atoms with Gasteiger partial charge in [-0.3, -0.25) is 4.79 Å². The second-order valence-corrected chi connectivity index (χ2v) is 7.88. The lowest BCUT2D eigenvalue weighted by atomic mass is 10.2. The van der Waals surface area contributed by atoms with E-state index in [0.29, 0.717) is 40.2 Å². The summed E-state index contributed by atoms with van der Waals surface area (Å²) in [6, 6.07) is 10.6. The topological polar surface area (TPSA) is 92.0 Å². The molecule has 0 N–H and O–H groups in total. The fraction of sp³-hybridized carbons (Fsp3) is 0.304. The van der Waals surface area contributed by atoms with Gasteiger partial charge in [-0.25, -0.2) is 9.78 Å². The maximum absolute atomic E-state index is 13.2. The highest BCUT2D eigenvalue weighted by molar-refractivity contribution is 9.10. The Balaban J connectivity index is 2.11. The van der Waals surface area contributed by atoms with E-state index in [1.54, 1.807) is 37.3 Å². The van der Waals surface area contributed by atoms with E-state index in [2.05, 4.69) is 26.0 Å². The molecule has 2 aromatic carbocycles. The lowest BCUT2D eigenvalue weighted by Gasteiger charge is -2.17. The first-order chi connectivity index (χ1) is 15.4. The average molecular weight is 502 g/mol. The van der Waals surface area contributed by atoms with Crippen molar-refractivity contribution in [2.75, 3.05) is 14.2 Å². The van der Waals surface area contributed by atoms with Gasteiger partial charge in [0.1, 0.15) is 5.82 Å². The minimum Gasteiger partial charge on any atom is -0.493 e. The second-order valence-electron chi connectivity index (χ2n) is 6.96. The first-order valence-electron chi connectivity index (χ1n) is 10.1. The molecule has 0 radical (unpaired) electrons. The van der Waals surface area contributed by atoms with E-state index in [1.165, 1.54) is 25.1 Å². The summed E-state index contributed by atoms with van der Waals surface area (Å²) < 4.78 is 18.0. The monoisotopic (exact) mass is 501 g/mol. The second kappa shape index (κ2) is 10.4. The van der Waals surface area contributed by atoms with Crippen LogP contribution in [0.5, 0.6) is 11.5 Å². The summed E-state index contributed by atoms with van der Waals surface area (Å²) in [4.78, 5) is 29.7. The van der Waals surface area contributed by atoms with Crippen LogP contribution in [-0.2, 0) is 16.0 Å². The molecule has 1 atom stereocenters. The molecule has 1 aromatic heterocycles. The zero-order valence-corrected chi connectivity index (χ0v) is 19.9. The standard InChI is InChI=1S/C23H24BrN3O5/c1-5-7-20-26-18-11-10-16(24)12-17(18)22(28)27(20)25-13-15-8-6-9-19(30-3)21(15)32-14(2)23(29)31-4/h6,8-14H,5,7H2,1-4H3/t14-/m1/s1. The molecule has 0 aliphatic carbocycles. The SMILES string of the molecule is CCCc1nc2ccc(Br)cc2c(=O)n1N=Cc1cccc(OC)c1O[C@H](C)C(=O)OC. The van der Waals surface area contributed by atoms with Crippen LogP contribution in [0, 0.1) is 0 Å². The molecule has 0 amide bonds. The number of aryl methyl sites for hydroxylation is 1. The Morgan fingerprint density at radius 1 is 1.28 bits per heavy atom. The predicted octanol–water partition coefficient (Wildman–Crippen LogP) is 3.94. The van der Waals surface area contributed by atoms with Crippen LogP contribution in [-0.4, -0.2) is 42.2 Å². The molecule has 3 aromatic rings. The van der Waals surface area contributed by atoms with E-state index in [-0.39, 0.29) is 5.56 Å². The largest absolute Gasteiger partial charge is 0.493 e. The summed E-state index contributed by atoms with van der Waals surface area (Å²) in [7, 11) is 2.79. The summed E-state index contributed by atoms with van der Waals surface area (Å²) in [5, 5.41) is 4.89. The summed E-state index contributed by atoms with van der Waals surface area (Å²) in [6.07, 6.45) is 2.02. The predicted molar refractivity (Wildman–Crippen MR) is 126 cm³/mol. The van der Waals surface area contributed by atoms with E-state index >= 15 is 0 Å². The maximum atomic E-state index is 13.2. The summed E-state index contributed by atoms with van der Waals surface area (Å²) in [6.45, 7) is 3.59. The smallest absolute Gasteiger partial charge is 0.346 e. The van der Waals surface area contributed by atoms with Gasteiger partial charge in [-0.2, -0.15) is 9.78 Å². The molecule has 0 saturated carbocycles. The van der Waals surface area contributed by atoms with Crippen molar-refractivity contribution >= 4 is 39.0 Å². The van der Waals surface area contributed by atoms with Crippen molar-refractivity contribution in [1.29, 1.82) is 0 Å². The van der Waals surface area contributed by atoms with Crippen LogP contribution in [0.1, 0.15) is 31.7 Å². The lowest BCUT2D eigenvalue weighted by molar-refractivity contribution is -0.147. The van der Waals surface area contributed by atoms with Crippen molar-refractivity contribution in [2.24, 2.45) is 5.10 Å². The molecule has 0 fully saturated rings. The Labute approximate surface area is 194 Å². The number of hydrogen-bond acceptors (Lipinski definition) is 7. The van der Waals surface area contributed by atoms with Gasteiger partial charge < -0.3 is 14.2 Å². The van der Waals surface area contributed by atoms with Gasteiger partial charge in [0, 0.05) is 16.5 Å². The highest BCUT2D eigenvalue weighted by Gasteiger charge is 2.19. The van der Waals surface area contributed by atoms with Gasteiger partial charge in [-0.1, -0.05) is 28.9 Å². The number of benzene rings is 2. The molecule has 3 rings (SSSR count). The number of rotatable bonds is 8. The van der Waals surface area contributed by atoms with Crippen molar-refractivity contribution in [3.8, 4) is 11.5 Å². The van der Waals surface area contributed by atoms with Gasteiger partial charge in [0.15, 0.2) is 17.6 Å². The molecule has 168 valence electrons. The molecule has 32 heavy (non-hydrogen) atoms. The number of esters is 1. The van der Waals surface area contributed by atoms with Crippen molar-refractivity contribution in [3.05, 3.63) is 62.6 Å². The van der Waals surface area contributed by atoms with Crippen molar-refractivity contribution < 1.29 is 19.0 Å². The van der Waals surface area contributed by atoms with Gasteiger partial charge in [0.2, 0.25) is 0 Å².